The summed E-state index contributed by atoms with van der Waals surface area (Å²) < 4.78 is 4.99. The van der Waals surface area contributed by atoms with E-state index >= 15 is 0 Å². The summed E-state index contributed by atoms with van der Waals surface area (Å²) in [6, 6.07) is 5.91. The van der Waals surface area contributed by atoms with Crippen LogP contribution >= 0.6 is 0 Å². The van der Waals surface area contributed by atoms with Crippen molar-refractivity contribution in [3.8, 4) is 0 Å². The van der Waals surface area contributed by atoms with E-state index in [0.29, 0.717) is 5.56 Å². The zero-order valence-electron chi connectivity index (χ0n) is 12.0. The molecule has 2 heterocycles. The van der Waals surface area contributed by atoms with Crippen LogP contribution in [-0.2, 0) is 4.74 Å². The number of aromatic amines is 1. The lowest BCUT2D eigenvalue weighted by Crippen LogP contribution is -2.17. The first-order chi connectivity index (χ1) is 10.2. The molecule has 1 aliphatic rings. The Labute approximate surface area is 122 Å². The molecule has 0 amide bonds. The van der Waals surface area contributed by atoms with Gasteiger partial charge in [-0.2, -0.15) is 0 Å². The lowest BCUT2D eigenvalue weighted by molar-refractivity contribution is 0.0518. The molecule has 1 N–H and O–H groups in total. The number of aldehydes is 1. The van der Waals surface area contributed by atoms with Crippen LogP contribution in [0, 0.1) is 0 Å². The predicted molar refractivity (Wildman–Crippen MR) is 81.1 cm³/mol. The van der Waals surface area contributed by atoms with E-state index in [9.17, 15) is 9.59 Å². The van der Waals surface area contributed by atoms with E-state index < -0.39 is 5.97 Å². The number of ether oxygens (including phenoxy) is 1. The predicted octanol–water partition coefficient (Wildman–Crippen LogP) is 2.76. The van der Waals surface area contributed by atoms with E-state index in [1.165, 1.54) is 12.8 Å². The van der Waals surface area contributed by atoms with Crippen LogP contribution in [-0.4, -0.2) is 36.9 Å². The summed E-state index contributed by atoms with van der Waals surface area (Å²) in [5.74, 6) is -0.487. The summed E-state index contributed by atoms with van der Waals surface area (Å²) in [6.07, 6.45) is 3.11. The van der Waals surface area contributed by atoms with E-state index in [2.05, 4.69) is 9.88 Å². The molecule has 1 fully saturated rings. The largest absolute Gasteiger partial charge is 0.461 e. The highest BCUT2D eigenvalue weighted by atomic mass is 16.5. The second-order valence-electron chi connectivity index (χ2n) is 5.18. The topological polar surface area (TPSA) is 62.4 Å². The first-order valence-electron chi connectivity index (χ1n) is 7.27. The SMILES string of the molecule is CCOC(=O)c1[nH]c2ccc(N3CCCC3)cc2c1C=O. The number of anilines is 1. The minimum atomic E-state index is -0.487. The summed E-state index contributed by atoms with van der Waals surface area (Å²) in [4.78, 5) is 28.6. The van der Waals surface area contributed by atoms with Gasteiger partial charge in [-0.05, 0) is 38.0 Å². The van der Waals surface area contributed by atoms with Gasteiger partial charge in [0.2, 0.25) is 0 Å². The second kappa shape index (κ2) is 5.60. The molecule has 0 aliphatic carbocycles. The van der Waals surface area contributed by atoms with Crippen molar-refractivity contribution in [2.45, 2.75) is 19.8 Å². The van der Waals surface area contributed by atoms with Crippen LogP contribution < -0.4 is 4.90 Å². The number of hydrogen-bond donors (Lipinski definition) is 1. The third-order valence-corrected chi connectivity index (χ3v) is 3.89. The number of aromatic nitrogens is 1. The van der Waals surface area contributed by atoms with E-state index in [-0.39, 0.29) is 12.3 Å². The van der Waals surface area contributed by atoms with Crippen molar-refractivity contribution < 1.29 is 14.3 Å². The van der Waals surface area contributed by atoms with Gasteiger partial charge in [-0.15, -0.1) is 0 Å². The Hall–Kier alpha value is -2.30. The number of rotatable bonds is 4. The highest BCUT2D eigenvalue weighted by molar-refractivity contribution is 6.08. The Morgan fingerprint density at radius 2 is 2.14 bits per heavy atom. The number of carbonyl (C=O) groups excluding carboxylic acids is 2. The fourth-order valence-electron chi connectivity index (χ4n) is 2.86. The van der Waals surface area contributed by atoms with Crippen LogP contribution in [0.25, 0.3) is 10.9 Å². The maximum Gasteiger partial charge on any atom is 0.355 e. The van der Waals surface area contributed by atoms with Gasteiger partial charge in [0, 0.05) is 29.7 Å². The highest BCUT2D eigenvalue weighted by Gasteiger charge is 2.20. The second-order valence-corrected chi connectivity index (χ2v) is 5.18. The number of hydrogen-bond acceptors (Lipinski definition) is 4. The van der Waals surface area contributed by atoms with Crippen molar-refractivity contribution in [2.75, 3.05) is 24.6 Å². The van der Waals surface area contributed by atoms with E-state index in [1.54, 1.807) is 6.92 Å². The molecule has 0 saturated carbocycles. The van der Waals surface area contributed by atoms with Crippen LogP contribution in [0.15, 0.2) is 18.2 Å². The van der Waals surface area contributed by atoms with Gasteiger partial charge in [-0.3, -0.25) is 4.79 Å². The molecule has 3 rings (SSSR count). The van der Waals surface area contributed by atoms with Gasteiger partial charge in [-0.1, -0.05) is 0 Å². The molecule has 0 atom stereocenters. The maximum absolute atomic E-state index is 11.9. The Balaban J connectivity index is 2.07. The standard InChI is InChI=1S/C16H18N2O3/c1-2-21-16(20)15-13(10-19)12-9-11(5-6-14(12)17-15)18-7-3-4-8-18/h5-6,9-10,17H,2-4,7-8H2,1H3. The van der Waals surface area contributed by atoms with Gasteiger partial charge in [-0.25, -0.2) is 4.79 Å². The minimum Gasteiger partial charge on any atom is -0.461 e. The number of nitrogens with zero attached hydrogens (tertiary/aromatic N) is 1. The third kappa shape index (κ3) is 2.39. The van der Waals surface area contributed by atoms with Crippen LogP contribution in [0.1, 0.15) is 40.6 Å². The number of fused-ring (bicyclic) bond motifs is 1. The van der Waals surface area contributed by atoms with Crippen molar-refractivity contribution >= 4 is 28.8 Å². The molecule has 21 heavy (non-hydrogen) atoms. The summed E-state index contributed by atoms with van der Waals surface area (Å²) >= 11 is 0. The average Bonchev–Trinajstić information content (AvgIpc) is 3.14. The quantitative estimate of drug-likeness (QED) is 0.693. The van der Waals surface area contributed by atoms with Crippen molar-refractivity contribution in [3.63, 3.8) is 0 Å². The van der Waals surface area contributed by atoms with Crippen LogP contribution in [0.3, 0.4) is 0 Å². The van der Waals surface area contributed by atoms with Crippen LogP contribution in [0.2, 0.25) is 0 Å². The van der Waals surface area contributed by atoms with Gasteiger partial charge < -0.3 is 14.6 Å². The van der Waals surface area contributed by atoms with Gasteiger partial charge in [0.25, 0.3) is 0 Å². The molecule has 5 heteroatoms. The molecule has 2 aromatic rings. The zero-order valence-corrected chi connectivity index (χ0v) is 12.0. The highest BCUT2D eigenvalue weighted by Crippen LogP contribution is 2.28. The lowest BCUT2D eigenvalue weighted by Gasteiger charge is -2.17. The van der Waals surface area contributed by atoms with Crippen LogP contribution in [0.5, 0.6) is 0 Å². The minimum absolute atomic E-state index is 0.237. The zero-order chi connectivity index (χ0) is 14.8. The third-order valence-electron chi connectivity index (χ3n) is 3.89. The van der Waals surface area contributed by atoms with Gasteiger partial charge >= 0.3 is 5.97 Å². The fraction of sp³-hybridized carbons (Fsp3) is 0.375. The van der Waals surface area contributed by atoms with Crippen LogP contribution in [0.4, 0.5) is 5.69 Å². The van der Waals surface area contributed by atoms with Gasteiger partial charge in [0.1, 0.15) is 5.69 Å². The molecule has 0 spiro atoms. The Bertz CT molecular complexity index is 684. The van der Waals surface area contributed by atoms with Gasteiger partial charge in [0.05, 0.1) is 12.2 Å². The van der Waals surface area contributed by atoms with Crippen molar-refractivity contribution in [1.82, 2.24) is 4.98 Å². The Morgan fingerprint density at radius 1 is 1.38 bits per heavy atom. The summed E-state index contributed by atoms with van der Waals surface area (Å²) in [5.41, 5.74) is 2.49. The number of H-pyrrole nitrogens is 1. The molecule has 5 nitrogen and oxygen atoms in total. The van der Waals surface area contributed by atoms with E-state index in [4.69, 9.17) is 4.74 Å². The average molecular weight is 286 g/mol. The monoisotopic (exact) mass is 286 g/mol. The molecule has 0 bridgehead atoms. The van der Waals surface area contributed by atoms with E-state index in [0.717, 1.165) is 36.0 Å². The van der Waals surface area contributed by atoms with Gasteiger partial charge in [0.15, 0.2) is 6.29 Å². The smallest absolute Gasteiger partial charge is 0.355 e. The van der Waals surface area contributed by atoms with E-state index in [1.807, 2.05) is 18.2 Å². The maximum atomic E-state index is 11.9. The number of nitrogens with one attached hydrogen (secondary N) is 1. The summed E-state index contributed by atoms with van der Waals surface area (Å²) in [6.45, 7) is 4.10. The fourth-order valence-corrected chi connectivity index (χ4v) is 2.86. The lowest BCUT2D eigenvalue weighted by atomic mass is 10.1. The summed E-state index contributed by atoms with van der Waals surface area (Å²) in [7, 11) is 0. The van der Waals surface area contributed by atoms with Crippen molar-refractivity contribution in [1.29, 1.82) is 0 Å². The normalized spacial score (nSPS) is 14.6. The molecular formula is C16H18N2O3. The molecule has 110 valence electrons. The molecule has 1 aliphatic heterocycles. The Morgan fingerprint density at radius 3 is 2.81 bits per heavy atom. The Kier molecular flexibility index (Phi) is 3.64. The molecule has 0 unspecified atom stereocenters. The first kappa shape index (κ1) is 13.7. The molecule has 1 aromatic heterocycles. The molecule has 1 aromatic carbocycles. The number of esters is 1. The summed E-state index contributed by atoms with van der Waals surface area (Å²) in [5, 5.41) is 0.775. The number of benzene rings is 1. The number of carbonyl (C=O) groups is 2. The van der Waals surface area contributed by atoms with Crippen molar-refractivity contribution in [3.05, 3.63) is 29.5 Å². The first-order valence-corrected chi connectivity index (χ1v) is 7.27. The molecular weight excluding hydrogens is 268 g/mol. The molecule has 1 saturated heterocycles. The molecule has 0 radical (unpaired) electrons. The van der Waals surface area contributed by atoms with Crippen molar-refractivity contribution in [2.24, 2.45) is 0 Å².